The molecule has 6 heteroatoms. The van der Waals surface area contributed by atoms with Gasteiger partial charge in [0.15, 0.2) is 0 Å². The van der Waals surface area contributed by atoms with Crippen LogP contribution in [0.4, 0.5) is 0 Å². The van der Waals surface area contributed by atoms with E-state index in [1.807, 2.05) is 38.1 Å². The summed E-state index contributed by atoms with van der Waals surface area (Å²) < 4.78 is 21.3. The molecule has 0 amide bonds. The van der Waals surface area contributed by atoms with Gasteiger partial charge in [-0.1, -0.05) is 26.0 Å². The van der Waals surface area contributed by atoms with Gasteiger partial charge in [-0.25, -0.2) is 4.79 Å². The SMILES string of the molecule is CCC(C)C(=O)OCCCCCCOc1ccc(/C=C/C(=O)Oc2ccc(OC)cc2)cc1. The van der Waals surface area contributed by atoms with Crippen molar-refractivity contribution in [3.63, 3.8) is 0 Å². The number of carbonyl (C=O) groups excluding carboxylic acids is 2. The number of rotatable bonds is 14. The van der Waals surface area contributed by atoms with Crippen LogP contribution >= 0.6 is 0 Å². The third kappa shape index (κ3) is 10.3. The maximum absolute atomic E-state index is 12.0. The van der Waals surface area contributed by atoms with E-state index in [-0.39, 0.29) is 11.9 Å². The molecule has 0 radical (unpaired) electrons. The molecule has 0 spiro atoms. The Kier molecular flexibility index (Phi) is 11.6. The summed E-state index contributed by atoms with van der Waals surface area (Å²) in [6.45, 7) is 5.00. The quantitative estimate of drug-likeness (QED) is 0.154. The molecule has 0 fully saturated rings. The zero-order chi connectivity index (χ0) is 23.9. The molecule has 0 N–H and O–H groups in total. The van der Waals surface area contributed by atoms with Crippen LogP contribution in [0.5, 0.6) is 17.2 Å². The van der Waals surface area contributed by atoms with E-state index in [2.05, 4.69) is 0 Å². The molecule has 2 rings (SSSR count). The molecule has 1 atom stereocenters. The Bertz CT molecular complexity index is 870. The minimum atomic E-state index is -0.449. The normalized spacial score (nSPS) is 11.7. The lowest BCUT2D eigenvalue weighted by molar-refractivity contribution is -0.148. The number of esters is 2. The molecule has 0 aliphatic carbocycles. The number of unbranched alkanes of at least 4 members (excludes halogenated alkanes) is 3. The molecule has 0 aromatic heterocycles. The summed E-state index contributed by atoms with van der Waals surface area (Å²) >= 11 is 0. The molecule has 2 aromatic carbocycles. The summed E-state index contributed by atoms with van der Waals surface area (Å²) in [5.74, 6) is 1.38. The fraction of sp³-hybridized carbons (Fsp3) is 0.407. The molecule has 0 aliphatic heterocycles. The van der Waals surface area contributed by atoms with Gasteiger partial charge >= 0.3 is 11.9 Å². The van der Waals surface area contributed by atoms with Crippen LogP contribution in [0, 0.1) is 5.92 Å². The summed E-state index contributed by atoms with van der Waals surface area (Å²) in [5, 5.41) is 0. The van der Waals surface area contributed by atoms with Crippen LogP contribution in [0.15, 0.2) is 54.6 Å². The highest BCUT2D eigenvalue weighted by Gasteiger charge is 2.10. The lowest BCUT2D eigenvalue weighted by atomic mass is 10.1. The van der Waals surface area contributed by atoms with Gasteiger partial charge in [-0.2, -0.15) is 0 Å². The Balaban J connectivity index is 1.60. The number of hydrogen-bond acceptors (Lipinski definition) is 6. The zero-order valence-electron chi connectivity index (χ0n) is 19.8. The highest BCUT2D eigenvalue weighted by molar-refractivity contribution is 5.88. The van der Waals surface area contributed by atoms with Crippen LogP contribution in [0.1, 0.15) is 51.5 Å². The van der Waals surface area contributed by atoms with E-state index in [4.69, 9.17) is 18.9 Å². The fourth-order valence-electron chi connectivity index (χ4n) is 2.86. The smallest absolute Gasteiger partial charge is 0.336 e. The molecule has 178 valence electrons. The fourth-order valence-corrected chi connectivity index (χ4v) is 2.86. The second-order valence-corrected chi connectivity index (χ2v) is 7.74. The third-order valence-electron chi connectivity index (χ3n) is 5.14. The van der Waals surface area contributed by atoms with Crippen molar-refractivity contribution in [3.8, 4) is 17.2 Å². The highest BCUT2D eigenvalue weighted by Crippen LogP contribution is 2.18. The standard InChI is InChI=1S/C27H34O6/c1-4-21(2)27(29)32-20-8-6-5-7-19-31-24-12-9-22(10-13-24)11-18-26(28)33-25-16-14-23(30-3)15-17-25/h9-18,21H,4-8,19-20H2,1-3H3/b18-11+. The monoisotopic (exact) mass is 454 g/mol. The minimum Gasteiger partial charge on any atom is -0.497 e. The van der Waals surface area contributed by atoms with Crippen molar-refractivity contribution in [2.75, 3.05) is 20.3 Å². The predicted octanol–water partition coefficient (Wildman–Crippen LogP) is 5.84. The van der Waals surface area contributed by atoms with E-state index in [1.54, 1.807) is 37.5 Å². The van der Waals surface area contributed by atoms with Crippen LogP contribution in [0.2, 0.25) is 0 Å². The van der Waals surface area contributed by atoms with Crippen molar-refractivity contribution < 1.29 is 28.5 Å². The van der Waals surface area contributed by atoms with E-state index in [9.17, 15) is 9.59 Å². The van der Waals surface area contributed by atoms with Gasteiger partial charge in [0.1, 0.15) is 17.2 Å². The van der Waals surface area contributed by atoms with Crippen LogP contribution < -0.4 is 14.2 Å². The minimum absolute atomic E-state index is 0.0199. The second-order valence-electron chi connectivity index (χ2n) is 7.74. The Morgan fingerprint density at radius 1 is 0.848 bits per heavy atom. The topological polar surface area (TPSA) is 71.1 Å². The summed E-state index contributed by atoms with van der Waals surface area (Å²) in [7, 11) is 1.58. The van der Waals surface area contributed by atoms with Gasteiger partial charge in [-0.05, 0) is 80.1 Å². The van der Waals surface area contributed by atoms with E-state index in [0.29, 0.717) is 24.7 Å². The zero-order valence-corrected chi connectivity index (χ0v) is 19.8. The Labute approximate surface area is 196 Å². The Morgan fingerprint density at radius 2 is 1.45 bits per heavy atom. The van der Waals surface area contributed by atoms with Crippen molar-refractivity contribution in [1.29, 1.82) is 0 Å². The van der Waals surface area contributed by atoms with Crippen LogP contribution in [0.25, 0.3) is 6.08 Å². The molecule has 1 unspecified atom stereocenters. The molecular weight excluding hydrogens is 420 g/mol. The van der Waals surface area contributed by atoms with Crippen molar-refractivity contribution in [2.45, 2.75) is 46.0 Å². The molecule has 0 heterocycles. The van der Waals surface area contributed by atoms with Gasteiger partial charge in [0.05, 0.1) is 26.2 Å². The van der Waals surface area contributed by atoms with E-state index >= 15 is 0 Å². The molecule has 0 saturated carbocycles. The number of ether oxygens (including phenoxy) is 4. The number of benzene rings is 2. The van der Waals surface area contributed by atoms with E-state index in [0.717, 1.165) is 43.4 Å². The summed E-state index contributed by atoms with van der Waals surface area (Å²) in [6.07, 6.45) is 7.75. The van der Waals surface area contributed by atoms with Crippen molar-refractivity contribution in [3.05, 3.63) is 60.2 Å². The molecular formula is C27H34O6. The maximum Gasteiger partial charge on any atom is 0.336 e. The summed E-state index contributed by atoms with van der Waals surface area (Å²) in [5.41, 5.74) is 0.876. The van der Waals surface area contributed by atoms with Gasteiger partial charge in [0.25, 0.3) is 0 Å². The first-order valence-electron chi connectivity index (χ1n) is 11.4. The number of carbonyl (C=O) groups is 2. The van der Waals surface area contributed by atoms with Crippen molar-refractivity contribution in [2.24, 2.45) is 5.92 Å². The lowest BCUT2D eigenvalue weighted by Crippen LogP contribution is -2.14. The molecule has 33 heavy (non-hydrogen) atoms. The number of methoxy groups -OCH3 is 1. The number of hydrogen-bond donors (Lipinski definition) is 0. The predicted molar refractivity (Wildman–Crippen MR) is 128 cm³/mol. The highest BCUT2D eigenvalue weighted by atomic mass is 16.5. The van der Waals surface area contributed by atoms with Gasteiger partial charge in [-0.15, -0.1) is 0 Å². The Morgan fingerprint density at radius 3 is 2.09 bits per heavy atom. The molecule has 0 saturated heterocycles. The molecule has 6 nitrogen and oxygen atoms in total. The first-order chi connectivity index (χ1) is 16.0. The van der Waals surface area contributed by atoms with Crippen LogP contribution in [-0.4, -0.2) is 32.3 Å². The van der Waals surface area contributed by atoms with Crippen LogP contribution in [0.3, 0.4) is 0 Å². The second kappa shape index (κ2) is 14.7. The van der Waals surface area contributed by atoms with E-state index in [1.165, 1.54) is 6.08 Å². The van der Waals surface area contributed by atoms with Crippen molar-refractivity contribution in [1.82, 2.24) is 0 Å². The van der Waals surface area contributed by atoms with Gasteiger partial charge in [-0.3, -0.25) is 4.79 Å². The van der Waals surface area contributed by atoms with E-state index < -0.39 is 5.97 Å². The third-order valence-corrected chi connectivity index (χ3v) is 5.14. The Hall–Kier alpha value is -3.28. The molecule has 0 bridgehead atoms. The first kappa shape index (κ1) is 26.0. The molecule has 0 aliphatic rings. The summed E-state index contributed by atoms with van der Waals surface area (Å²) in [4.78, 5) is 23.5. The average Bonchev–Trinajstić information content (AvgIpc) is 2.84. The first-order valence-corrected chi connectivity index (χ1v) is 11.4. The maximum atomic E-state index is 12.0. The average molecular weight is 455 g/mol. The van der Waals surface area contributed by atoms with Crippen LogP contribution in [-0.2, 0) is 14.3 Å². The molecule has 2 aromatic rings. The lowest BCUT2D eigenvalue weighted by Gasteiger charge is -2.09. The van der Waals surface area contributed by atoms with Gasteiger partial charge < -0.3 is 18.9 Å². The largest absolute Gasteiger partial charge is 0.497 e. The summed E-state index contributed by atoms with van der Waals surface area (Å²) in [6, 6.07) is 14.4. The van der Waals surface area contributed by atoms with Gasteiger partial charge in [0.2, 0.25) is 0 Å². The van der Waals surface area contributed by atoms with Gasteiger partial charge in [0, 0.05) is 6.08 Å². The van der Waals surface area contributed by atoms with Crippen molar-refractivity contribution >= 4 is 18.0 Å².